The van der Waals surface area contributed by atoms with Crippen LogP contribution >= 0.6 is 0 Å². The van der Waals surface area contributed by atoms with Gasteiger partial charge >= 0.3 is 0 Å². The van der Waals surface area contributed by atoms with E-state index in [1.165, 1.54) is 32.1 Å². The minimum atomic E-state index is 0.505. The van der Waals surface area contributed by atoms with Crippen molar-refractivity contribution in [1.82, 2.24) is 0 Å². The average Bonchev–Trinajstić information content (AvgIpc) is 2.80. The van der Waals surface area contributed by atoms with E-state index in [2.05, 4.69) is 6.92 Å². The average molecular weight is 153 g/mol. The van der Waals surface area contributed by atoms with Crippen LogP contribution in [-0.2, 0) is 0 Å². The third-order valence-electron chi connectivity index (χ3n) is 3.66. The van der Waals surface area contributed by atoms with Gasteiger partial charge in [0.05, 0.1) is 0 Å². The lowest BCUT2D eigenvalue weighted by molar-refractivity contribution is 0.280. The van der Waals surface area contributed by atoms with Gasteiger partial charge in [-0.15, -0.1) is 0 Å². The summed E-state index contributed by atoms with van der Waals surface area (Å²) >= 11 is 0. The summed E-state index contributed by atoms with van der Waals surface area (Å²) < 4.78 is 0. The van der Waals surface area contributed by atoms with E-state index < -0.39 is 0 Å². The topological polar surface area (TPSA) is 26.0 Å². The Morgan fingerprint density at radius 1 is 1.45 bits per heavy atom. The Bertz CT molecular complexity index is 142. The lowest BCUT2D eigenvalue weighted by Gasteiger charge is -2.26. The first-order valence-corrected chi connectivity index (χ1v) is 5.08. The van der Waals surface area contributed by atoms with Gasteiger partial charge in [-0.25, -0.2) is 0 Å². The van der Waals surface area contributed by atoms with Crippen LogP contribution in [0, 0.1) is 17.8 Å². The molecule has 0 aromatic rings. The molecule has 2 saturated carbocycles. The Morgan fingerprint density at radius 3 is 3.00 bits per heavy atom. The van der Waals surface area contributed by atoms with Crippen LogP contribution in [0.4, 0.5) is 0 Å². The predicted molar refractivity (Wildman–Crippen MR) is 47.2 cm³/mol. The summed E-state index contributed by atoms with van der Waals surface area (Å²) in [6, 6.07) is 0.505. The van der Waals surface area contributed by atoms with Crippen molar-refractivity contribution >= 4 is 0 Å². The Balaban J connectivity index is 1.92. The molecule has 2 aliphatic carbocycles. The van der Waals surface area contributed by atoms with Crippen molar-refractivity contribution in [3.05, 3.63) is 0 Å². The maximum Gasteiger partial charge on any atom is 0.00672 e. The maximum absolute atomic E-state index is 6.06. The van der Waals surface area contributed by atoms with E-state index in [0.717, 1.165) is 17.8 Å². The molecular weight excluding hydrogens is 134 g/mol. The third-order valence-corrected chi connectivity index (χ3v) is 3.66. The molecule has 0 saturated heterocycles. The van der Waals surface area contributed by atoms with Crippen LogP contribution in [0.1, 0.15) is 39.0 Å². The molecule has 0 heterocycles. The molecule has 2 N–H and O–H groups in total. The third kappa shape index (κ3) is 1.31. The van der Waals surface area contributed by atoms with Crippen molar-refractivity contribution in [3.8, 4) is 0 Å². The standard InChI is InChI=1S/C10H19N/c1-2-10(11)8-5-3-4-7-6-9(7)8/h7-10H,2-6,11H2,1H3. The SMILES string of the molecule is CCC(N)C1CCCC2CC21. The van der Waals surface area contributed by atoms with Gasteiger partial charge in [-0.3, -0.25) is 0 Å². The Labute approximate surface area is 69.4 Å². The lowest BCUT2D eigenvalue weighted by Crippen LogP contribution is -2.32. The van der Waals surface area contributed by atoms with Crippen LogP contribution in [-0.4, -0.2) is 6.04 Å². The number of hydrogen-bond acceptors (Lipinski definition) is 1. The fourth-order valence-electron chi connectivity index (χ4n) is 2.79. The van der Waals surface area contributed by atoms with Crippen LogP contribution in [0.3, 0.4) is 0 Å². The maximum atomic E-state index is 6.06. The minimum Gasteiger partial charge on any atom is -0.327 e. The Morgan fingerprint density at radius 2 is 2.27 bits per heavy atom. The summed E-state index contributed by atoms with van der Waals surface area (Å²) in [4.78, 5) is 0. The molecule has 0 bridgehead atoms. The minimum absolute atomic E-state index is 0.505. The second kappa shape index (κ2) is 2.78. The molecule has 0 radical (unpaired) electrons. The van der Waals surface area contributed by atoms with Crippen molar-refractivity contribution in [3.63, 3.8) is 0 Å². The predicted octanol–water partition coefficient (Wildman–Crippen LogP) is 2.16. The molecule has 0 amide bonds. The van der Waals surface area contributed by atoms with Crippen LogP contribution in [0.15, 0.2) is 0 Å². The molecule has 0 aromatic heterocycles. The molecular formula is C10H19N. The van der Waals surface area contributed by atoms with Gasteiger partial charge in [-0.05, 0) is 37.0 Å². The number of nitrogens with two attached hydrogens (primary N) is 1. The zero-order valence-electron chi connectivity index (χ0n) is 7.42. The first-order chi connectivity index (χ1) is 5.33. The quantitative estimate of drug-likeness (QED) is 0.646. The van der Waals surface area contributed by atoms with E-state index in [1.54, 1.807) is 0 Å². The van der Waals surface area contributed by atoms with Crippen LogP contribution < -0.4 is 5.73 Å². The van der Waals surface area contributed by atoms with E-state index in [9.17, 15) is 0 Å². The molecule has 4 unspecified atom stereocenters. The van der Waals surface area contributed by atoms with Crippen molar-refractivity contribution in [2.24, 2.45) is 23.5 Å². The van der Waals surface area contributed by atoms with Crippen molar-refractivity contribution in [2.75, 3.05) is 0 Å². The molecule has 0 spiro atoms. The highest BCUT2D eigenvalue weighted by atomic mass is 14.7. The van der Waals surface area contributed by atoms with Gasteiger partial charge in [0.2, 0.25) is 0 Å². The zero-order chi connectivity index (χ0) is 7.84. The van der Waals surface area contributed by atoms with Gasteiger partial charge in [-0.2, -0.15) is 0 Å². The molecule has 4 atom stereocenters. The molecule has 11 heavy (non-hydrogen) atoms. The Kier molecular flexibility index (Phi) is 1.92. The van der Waals surface area contributed by atoms with Gasteiger partial charge in [0.25, 0.3) is 0 Å². The number of hydrogen-bond donors (Lipinski definition) is 1. The van der Waals surface area contributed by atoms with Crippen molar-refractivity contribution in [1.29, 1.82) is 0 Å². The van der Waals surface area contributed by atoms with Crippen LogP contribution in [0.25, 0.3) is 0 Å². The van der Waals surface area contributed by atoms with E-state index in [-0.39, 0.29) is 0 Å². The summed E-state index contributed by atoms with van der Waals surface area (Å²) in [5.74, 6) is 3.02. The first-order valence-electron chi connectivity index (χ1n) is 5.08. The smallest absolute Gasteiger partial charge is 0.00672 e. The molecule has 1 heteroatoms. The molecule has 1 nitrogen and oxygen atoms in total. The van der Waals surface area contributed by atoms with Gasteiger partial charge in [0.1, 0.15) is 0 Å². The highest BCUT2D eigenvalue weighted by Crippen LogP contribution is 2.53. The second-order valence-corrected chi connectivity index (χ2v) is 4.33. The van der Waals surface area contributed by atoms with Crippen LogP contribution in [0.5, 0.6) is 0 Å². The molecule has 2 aliphatic rings. The molecule has 0 aromatic carbocycles. The normalized spacial score (nSPS) is 44.7. The lowest BCUT2D eigenvalue weighted by atomic mass is 9.83. The summed E-state index contributed by atoms with van der Waals surface area (Å²) in [5.41, 5.74) is 6.06. The van der Waals surface area contributed by atoms with E-state index >= 15 is 0 Å². The highest BCUT2D eigenvalue weighted by molar-refractivity contribution is 4.97. The Hall–Kier alpha value is -0.0400. The molecule has 2 rings (SSSR count). The molecule has 0 aliphatic heterocycles. The van der Waals surface area contributed by atoms with Gasteiger partial charge in [0.15, 0.2) is 0 Å². The molecule has 64 valence electrons. The fraction of sp³-hybridized carbons (Fsp3) is 1.00. The fourth-order valence-corrected chi connectivity index (χ4v) is 2.79. The first kappa shape index (κ1) is 7.60. The van der Waals surface area contributed by atoms with Crippen molar-refractivity contribution < 1.29 is 0 Å². The van der Waals surface area contributed by atoms with Crippen molar-refractivity contribution in [2.45, 2.75) is 45.1 Å². The van der Waals surface area contributed by atoms with Gasteiger partial charge < -0.3 is 5.73 Å². The zero-order valence-corrected chi connectivity index (χ0v) is 7.42. The van der Waals surface area contributed by atoms with Gasteiger partial charge in [0, 0.05) is 6.04 Å². The number of rotatable bonds is 2. The van der Waals surface area contributed by atoms with E-state index in [0.29, 0.717) is 6.04 Å². The van der Waals surface area contributed by atoms with Gasteiger partial charge in [-0.1, -0.05) is 19.8 Å². The monoisotopic (exact) mass is 153 g/mol. The molecule has 2 fully saturated rings. The number of fused-ring (bicyclic) bond motifs is 1. The summed E-state index contributed by atoms with van der Waals surface area (Å²) in [6.45, 7) is 2.22. The largest absolute Gasteiger partial charge is 0.327 e. The second-order valence-electron chi connectivity index (χ2n) is 4.33. The summed E-state index contributed by atoms with van der Waals surface area (Å²) in [7, 11) is 0. The van der Waals surface area contributed by atoms with E-state index in [4.69, 9.17) is 5.73 Å². The van der Waals surface area contributed by atoms with Crippen LogP contribution in [0.2, 0.25) is 0 Å². The summed E-state index contributed by atoms with van der Waals surface area (Å²) in [6.07, 6.45) is 7.03. The highest BCUT2D eigenvalue weighted by Gasteiger charge is 2.46. The summed E-state index contributed by atoms with van der Waals surface area (Å²) in [5, 5.41) is 0. The van der Waals surface area contributed by atoms with E-state index in [1.807, 2.05) is 0 Å².